The van der Waals surface area contributed by atoms with E-state index in [0.29, 0.717) is 17.9 Å². The predicted molar refractivity (Wildman–Crippen MR) is 74.7 cm³/mol. The van der Waals surface area contributed by atoms with Gasteiger partial charge in [-0.1, -0.05) is 24.6 Å². The smallest absolute Gasteiger partial charge is 0.150 e. The zero-order valence-corrected chi connectivity index (χ0v) is 12.3. The summed E-state index contributed by atoms with van der Waals surface area (Å²) in [4.78, 5) is 0. The largest absolute Gasteiger partial charge is 0.388 e. The number of benzene rings is 1. The van der Waals surface area contributed by atoms with Crippen LogP contribution in [0, 0.1) is 6.92 Å². The minimum atomic E-state index is -2.95. The Labute approximate surface area is 114 Å². The molecule has 0 spiro atoms. The fourth-order valence-corrected chi connectivity index (χ4v) is 2.93. The summed E-state index contributed by atoms with van der Waals surface area (Å²) < 4.78 is 22.7. The number of hydrogen-bond donors (Lipinski definition) is 1. The van der Waals surface area contributed by atoms with Crippen LogP contribution in [-0.4, -0.2) is 25.0 Å². The Hall–Kier alpha value is -0.580. The van der Waals surface area contributed by atoms with Gasteiger partial charge in [0.1, 0.15) is 9.84 Å². The van der Waals surface area contributed by atoms with Crippen LogP contribution in [0.3, 0.4) is 0 Å². The van der Waals surface area contributed by atoms with Gasteiger partial charge in [0.25, 0.3) is 0 Å². The lowest BCUT2D eigenvalue weighted by molar-refractivity contribution is 0.166. The quantitative estimate of drug-likeness (QED) is 0.876. The highest BCUT2D eigenvalue weighted by Gasteiger charge is 2.13. The fraction of sp³-hybridized carbons (Fsp3) is 0.538. The lowest BCUT2D eigenvalue weighted by Gasteiger charge is -2.13. The summed E-state index contributed by atoms with van der Waals surface area (Å²) in [6, 6.07) is 5.31. The summed E-state index contributed by atoms with van der Waals surface area (Å²) >= 11 is 5.84. The molecule has 0 saturated carbocycles. The van der Waals surface area contributed by atoms with Crippen LogP contribution in [0.5, 0.6) is 0 Å². The van der Waals surface area contributed by atoms with E-state index < -0.39 is 15.9 Å². The van der Waals surface area contributed by atoms with Crippen LogP contribution in [0.2, 0.25) is 5.02 Å². The van der Waals surface area contributed by atoms with E-state index in [-0.39, 0.29) is 11.5 Å². The molecule has 0 heterocycles. The van der Waals surface area contributed by atoms with E-state index >= 15 is 0 Å². The Balaban J connectivity index is 2.58. The van der Waals surface area contributed by atoms with Gasteiger partial charge >= 0.3 is 0 Å². The molecule has 0 aliphatic rings. The molecule has 0 aromatic heterocycles. The molecule has 1 aromatic rings. The van der Waals surface area contributed by atoms with Crippen molar-refractivity contribution in [2.75, 3.05) is 11.5 Å². The molecule has 1 rings (SSSR count). The normalized spacial score (nSPS) is 13.6. The van der Waals surface area contributed by atoms with E-state index in [1.807, 2.05) is 6.92 Å². The molecule has 18 heavy (non-hydrogen) atoms. The number of hydrogen-bond acceptors (Lipinski definition) is 3. The zero-order valence-electron chi connectivity index (χ0n) is 10.7. The van der Waals surface area contributed by atoms with Crippen LogP contribution in [0.1, 0.15) is 37.0 Å². The summed E-state index contributed by atoms with van der Waals surface area (Å²) in [6.45, 7) is 3.52. The first-order valence-corrected chi connectivity index (χ1v) is 8.20. The summed E-state index contributed by atoms with van der Waals surface area (Å²) in [5.41, 5.74) is 1.74. The molecule has 0 bridgehead atoms. The van der Waals surface area contributed by atoms with Gasteiger partial charge in [-0.3, -0.25) is 0 Å². The van der Waals surface area contributed by atoms with Gasteiger partial charge in [0.2, 0.25) is 0 Å². The molecule has 0 aliphatic carbocycles. The van der Waals surface area contributed by atoms with E-state index in [9.17, 15) is 13.5 Å². The van der Waals surface area contributed by atoms with Crippen LogP contribution in [0.25, 0.3) is 0 Å². The first-order valence-electron chi connectivity index (χ1n) is 6.00. The number of aliphatic hydroxyl groups is 1. The number of rotatable bonds is 6. The van der Waals surface area contributed by atoms with Gasteiger partial charge in [-0.2, -0.15) is 0 Å². The lowest BCUT2D eigenvalue weighted by atomic mass is 10.0. The van der Waals surface area contributed by atoms with E-state index in [2.05, 4.69) is 0 Å². The Kier molecular flexibility index (Phi) is 5.63. The summed E-state index contributed by atoms with van der Waals surface area (Å²) in [5.74, 6) is 0.288. The molecular formula is C13H19ClO3S. The second-order valence-corrected chi connectivity index (χ2v) is 7.30. The van der Waals surface area contributed by atoms with Crippen molar-refractivity contribution in [3.05, 3.63) is 34.3 Å². The van der Waals surface area contributed by atoms with Crippen molar-refractivity contribution in [3.8, 4) is 0 Å². The molecule has 0 aliphatic heterocycles. The summed E-state index contributed by atoms with van der Waals surface area (Å²) in [5, 5.41) is 10.7. The highest BCUT2D eigenvalue weighted by Crippen LogP contribution is 2.24. The third-order valence-corrected chi connectivity index (χ3v) is 4.99. The van der Waals surface area contributed by atoms with Crippen LogP contribution in [0.4, 0.5) is 0 Å². The molecule has 0 radical (unpaired) electrons. The summed E-state index contributed by atoms with van der Waals surface area (Å²) in [7, 11) is -2.95. The number of aryl methyl sites for hydroxylation is 1. The van der Waals surface area contributed by atoms with Gasteiger partial charge in [0, 0.05) is 10.8 Å². The topological polar surface area (TPSA) is 54.4 Å². The van der Waals surface area contributed by atoms with Crippen LogP contribution in [0.15, 0.2) is 18.2 Å². The summed E-state index contributed by atoms with van der Waals surface area (Å²) in [6.07, 6.45) is 0.288. The van der Waals surface area contributed by atoms with Gasteiger partial charge in [-0.05, 0) is 43.0 Å². The molecule has 1 N–H and O–H groups in total. The Morgan fingerprint density at radius 2 is 2.06 bits per heavy atom. The van der Waals surface area contributed by atoms with Crippen molar-refractivity contribution in [1.29, 1.82) is 0 Å². The molecular weight excluding hydrogens is 272 g/mol. The number of halogens is 1. The van der Waals surface area contributed by atoms with Crippen LogP contribution < -0.4 is 0 Å². The van der Waals surface area contributed by atoms with Crippen molar-refractivity contribution in [3.63, 3.8) is 0 Å². The maximum absolute atomic E-state index is 11.3. The third kappa shape index (κ3) is 4.59. The lowest BCUT2D eigenvalue weighted by Crippen LogP contribution is -2.10. The monoisotopic (exact) mass is 290 g/mol. The molecule has 1 unspecified atom stereocenters. The van der Waals surface area contributed by atoms with Crippen LogP contribution in [-0.2, 0) is 9.84 Å². The van der Waals surface area contributed by atoms with Crippen molar-refractivity contribution in [2.45, 2.75) is 32.8 Å². The second kappa shape index (κ2) is 6.55. The van der Waals surface area contributed by atoms with Crippen molar-refractivity contribution >= 4 is 21.4 Å². The molecule has 102 valence electrons. The number of sulfone groups is 1. The number of aliphatic hydroxyl groups excluding tert-OH is 1. The minimum Gasteiger partial charge on any atom is -0.388 e. The standard InChI is InChI=1S/C13H19ClO3S/c1-3-18(16,17)8-4-5-13(15)12-7-6-11(14)9-10(12)2/h6-7,9,13,15H,3-5,8H2,1-2H3. The highest BCUT2D eigenvalue weighted by atomic mass is 35.5. The third-order valence-electron chi connectivity index (χ3n) is 2.96. The molecule has 0 saturated heterocycles. The molecule has 0 amide bonds. The average Bonchev–Trinajstić information content (AvgIpc) is 2.28. The van der Waals surface area contributed by atoms with Gasteiger partial charge in [0.15, 0.2) is 0 Å². The fourth-order valence-electron chi connectivity index (χ4n) is 1.81. The van der Waals surface area contributed by atoms with Crippen molar-refractivity contribution < 1.29 is 13.5 Å². The second-order valence-electron chi connectivity index (χ2n) is 4.40. The van der Waals surface area contributed by atoms with E-state index in [1.54, 1.807) is 25.1 Å². The van der Waals surface area contributed by atoms with E-state index in [4.69, 9.17) is 11.6 Å². The van der Waals surface area contributed by atoms with E-state index in [0.717, 1.165) is 11.1 Å². The Morgan fingerprint density at radius 1 is 1.39 bits per heavy atom. The maximum atomic E-state index is 11.3. The maximum Gasteiger partial charge on any atom is 0.150 e. The van der Waals surface area contributed by atoms with Gasteiger partial charge in [-0.25, -0.2) is 8.42 Å². The van der Waals surface area contributed by atoms with Gasteiger partial charge < -0.3 is 5.11 Å². The SMILES string of the molecule is CCS(=O)(=O)CCCC(O)c1ccc(Cl)cc1C. The van der Waals surface area contributed by atoms with E-state index in [1.165, 1.54) is 0 Å². The average molecular weight is 291 g/mol. The molecule has 5 heteroatoms. The van der Waals surface area contributed by atoms with Crippen molar-refractivity contribution in [2.24, 2.45) is 0 Å². The Morgan fingerprint density at radius 3 is 2.61 bits per heavy atom. The first kappa shape index (κ1) is 15.5. The van der Waals surface area contributed by atoms with Crippen LogP contribution >= 0.6 is 11.6 Å². The van der Waals surface area contributed by atoms with Crippen molar-refractivity contribution in [1.82, 2.24) is 0 Å². The molecule has 1 atom stereocenters. The Bertz CT molecular complexity index is 497. The van der Waals surface area contributed by atoms with Gasteiger partial charge in [-0.15, -0.1) is 0 Å². The highest BCUT2D eigenvalue weighted by molar-refractivity contribution is 7.91. The van der Waals surface area contributed by atoms with Gasteiger partial charge in [0.05, 0.1) is 11.9 Å². The predicted octanol–water partition coefficient (Wildman–Crippen LogP) is 2.90. The molecule has 0 fully saturated rings. The molecule has 1 aromatic carbocycles. The minimum absolute atomic E-state index is 0.132. The first-order chi connectivity index (χ1) is 8.35. The molecule has 3 nitrogen and oxygen atoms in total. The zero-order chi connectivity index (χ0) is 13.8.